The van der Waals surface area contributed by atoms with Gasteiger partial charge in [0.1, 0.15) is 0 Å². The van der Waals surface area contributed by atoms with Crippen molar-refractivity contribution in [1.29, 1.82) is 0 Å². The zero-order valence-corrected chi connectivity index (χ0v) is 4.17. The van der Waals surface area contributed by atoms with Crippen molar-refractivity contribution in [3.8, 4) is 0 Å². The molecule has 0 spiro atoms. The van der Waals surface area contributed by atoms with Gasteiger partial charge in [-0.05, 0) is 0 Å². The molecule has 7 heavy (non-hydrogen) atoms. The molecule has 0 fully saturated rings. The second-order valence-corrected chi connectivity index (χ2v) is 0.726. The summed E-state index contributed by atoms with van der Waals surface area (Å²) in [4.78, 5) is 0. The van der Waals surface area contributed by atoms with E-state index in [-0.39, 0.29) is 0 Å². The van der Waals surface area contributed by atoms with Crippen molar-refractivity contribution < 1.29 is 5.02 Å². The smallest absolute Gasteiger partial charge is 0.389 e. The minimum atomic E-state index is 0.500. The van der Waals surface area contributed by atoms with Crippen molar-refractivity contribution in [2.75, 3.05) is 13.1 Å². The first kappa shape index (κ1) is 10.0. The zero-order valence-electron chi connectivity index (χ0n) is 4.17. The molecule has 5 heteroatoms. The first-order valence-corrected chi connectivity index (χ1v) is 1.91. The monoisotopic (exact) mass is 104 g/mol. The normalized spacial score (nSPS) is 6.29. The van der Waals surface area contributed by atoms with E-state index in [9.17, 15) is 0 Å². The Labute approximate surface area is 44.0 Å². The summed E-state index contributed by atoms with van der Waals surface area (Å²) >= 11 is 0. The molecule has 0 aliphatic heterocycles. The number of rotatable bonds is 1. The van der Waals surface area contributed by atoms with E-state index in [0.29, 0.717) is 20.7 Å². The molecule has 1 radical (unpaired) electrons. The maximum Gasteiger partial charge on any atom is 0.389 e. The lowest BCUT2D eigenvalue weighted by Crippen LogP contribution is -2.11. The van der Waals surface area contributed by atoms with E-state index in [1.54, 1.807) is 0 Å². The first-order chi connectivity index (χ1) is 3.33. The highest BCUT2D eigenvalue weighted by Crippen LogP contribution is 1.24. The van der Waals surface area contributed by atoms with Crippen LogP contribution in [0.4, 0.5) is 0 Å². The highest BCUT2D eigenvalue weighted by atomic mass is 16.2. The molecule has 0 unspecified atom stereocenters. The second-order valence-electron chi connectivity index (χ2n) is 0.726. The van der Waals surface area contributed by atoms with Crippen LogP contribution in [0.2, 0.25) is 0 Å². The molecule has 0 saturated heterocycles. The van der Waals surface area contributed by atoms with Gasteiger partial charge >= 0.3 is 7.62 Å². The highest BCUT2D eigenvalue weighted by Gasteiger charge is 1.54. The predicted molar refractivity (Wildman–Crippen MR) is 30.3 cm³/mol. The predicted octanol–water partition coefficient (Wildman–Crippen LogP) is -2.62. The average molecular weight is 104 g/mol. The molecular formula is C2H11BN3O. The van der Waals surface area contributed by atoms with Crippen LogP contribution in [-0.4, -0.2) is 25.7 Å². The molecular weight excluding hydrogens is 92.9 g/mol. The van der Waals surface area contributed by atoms with Crippen LogP contribution in [0.25, 0.3) is 0 Å². The van der Waals surface area contributed by atoms with Gasteiger partial charge < -0.3 is 22.1 Å². The number of hydrogen-bond donors (Lipinski definition) is 4. The minimum Gasteiger partial charge on any atom is -0.440 e. The van der Waals surface area contributed by atoms with Crippen molar-refractivity contribution in [1.82, 2.24) is 0 Å². The molecule has 4 nitrogen and oxygen atoms in total. The summed E-state index contributed by atoms with van der Waals surface area (Å²) in [6.07, 6.45) is 0. The van der Waals surface area contributed by atoms with E-state index < -0.39 is 0 Å². The van der Waals surface area contributed by atoms with Crippen molar-refractivity contribution >= 4 is 7.62 Å². The van der Waals surface area contributed by atoms with Gasteiger partial charge in [-0.3, -0.25) is 0 Å². The Morgan fingerprint density at radius 1 is 1.29 bits per heavy atom. The van der Waals surface area contributed by atoms with Gasteiger partial charge in [0.15, 0.2) is 0 Å². The molecule has 0 aliphatic rings. The van der Waals surface area contributed by atoms with Crippen LogP contribution in [0.15, 0.2) is 0 Å². The molecule has 0 aliphatic carbocycles. The molecule has 0 atom stereocenters. The van der Waals surface area contributed by atoms with Crippen molar-refractivity contribution in [2.24, 2.45) is 17.1 Å². The van der Waals surface area contributed by atoms with Crippen LogP contribution in [0.3, 0.4) is 0 Å². The van der Waals surface area contributed by atoms with Crippen LogP contribution >= 0.6 is 0 Å². The molecule has 43 valence electrons. The Morgan fingerprint density at radius 2 is 1.43 bits per heavy atom. The summed E-state index contributed by atoms with van der Waals surface area (Å²) in [5.41, 5.74) is 14.1. The Morgan fingerprint density at radius 3 is 1.43 bits per heavy atom. The Hall–Kier alpha value is -0.0951. The quantitative estimate of drug-likeness (QED) is 0.273. The Bertz CT molecular complexity index is 20.4. The largest absolute Gasteiger partial charge is 0.440 e. The summed E-state index contributed by atoms with van der Waals surface area (Å²) < 4.78 is 0. The SMILES string of the molecule is NCCN.N[B]O. The summed E-state index contributed by atoms with van der Waals surface area (Å²) in [6, 6.07) is 0. The summed E-state index contributed by atoms with van der Waals surface area (Å²) in [5, 5.41) is 7.22. The van der Waals surface area contributed by atoms with Crippen LogP contribution in [0.5, 0.6) is 0 Å². The van der Waals surface area contributed by atoms with Crippen LogP contribution in [0.1, 0.15) is 0 Å². The fourth-order valence-corrected chi connectivity index (χ4v) is 0. The van der Waals surface area contributed by atoms with Gasteiger partial charge in [0.25, 0.3) is 0 Å². The van der Waals surface area contributed by atoms with Gasteiger partial charge in [0, 0.05) is 13.1 Å². The summed E-state index contributed by atoms with van der Waals surface area (Å²) in [6.45, 7) is 1.19. The Balaban J connectivity index is 0. The van der Waals surface area contributed by atoms with E-state index in [1.165, 1.54) is 0 Å². The van der Waals surface area contributed by atoms with Crippen molar-refractivity contribution in [3.63, 3.8) is 0 Å². The zero-order chi connectivity index (χ0) is 6.12. The molecule has 0 amide bonds. The molecule has 0 saturated carbocycles. The molecule has 0 bridgehead atoms. The van der Waals surface area contributed by atoms with Gasteiger partial charge in [0.05, 0.1) is 0 Å². The maximum absolute atomic E-state index is 7.22. The first-order valence-electron chi connectivity index (χ1n) is 1.91. The van der Waals surface area contributed by atoms with E-state index in [4.69, 9.17) is 16.5 Å². The number of hydrogen-bond acceptors (Lipinski definition) is 4. The van der Waals surface area contributed by atoms with E-state index >= 15 is 0 Å². The fourth-order valence-electron chi connectivity index (χ4n) is 0. The number of nitrogens with two attached hydrogens (primary N) is 3. The van der Waals surface area contributed by atoms with Crippen LogP contribution in [0, 0.1) is 0 Å². The third-order valence-corrected chi connectivity index (χ3v) is 0.167. The molecule has 0 heterocycles. The standard InChI is InChI=1S/C2H8N2.BH3NO/c3-1-2-4;2-1-3/h1-4H2;3H,2H2. The third kappa shape index (κ3) is 110. The topological polar surface area (TPSA) is 98.3 Å². The van der Waals surface area contributed by atoms with Gasteiger partial charge in [0.2, 0.25) is 0 Å². The van der Waals surface area contributed by atoms with Crippen molar-refractivity contribution in [3.05, 3.63) is 0 Å². The van der Waals surface area contributed by atoms with E-state index in [0.717, 1.165) is 0 Å². The molecule has 7 N–H and O–H groups in total. The van der Waals surface area contributed by atoms with Crippen LogP contribution in [-0.2, 0) is 0 Å². The van der Waals surface area contributed by atoms with E-state index in [1.807, 2.05) is 0 Å². The van der Waals surface area contributed by atoms with Gasteiger partial charge in [-0.2, -0.15) is 0 Å². The second kappa shape index (κ2) is 16.8. The van der Waals surface area contributed by atoms with Crippen molar-refractivity contribution in [2.45, 2.75) is 0 Å². The lowest BCUT2D eigenvalue weighted by atomic mass is 10.4. The maximum atomic E-state index is 7.22. The van der Waals surface area contributed by atoms with Gasteiger partial charge in [-0.15, -0.1) is 0 Å². The lowest BCUT2D eigenvalue weighted by Gasteiger charge is -1.72. The average Bonchev–Trinajstić information content (AvgIpc) is 1.69. The summed E-state index contributed by atoms with van der Waals surface area (Å²) in [5.74, 6) is 0. The lowest BCUT2D eigenvalue weighted by molar-refractivity contribution is 0.604. The molecule has 0 rings (SSSR count). The molecule has 0 aromatic heterocycles. The Kier molecular flexibility index (Phi) is 24.1. The highest BCUT2D eigenvalue weighted by molar-refractivity contribution is 6.19. The molecule has 0 aromatic carbocycles. The molecule has 0 aromatic rings. The minimum absolute atomic E-state index is 0.500. The van der Waals surface area contributed by atoms with Gasteiger partial charge in [-0.25, -0.2) is 0 Å². The van der Waals surface area contributed by atoms with E-state index in [2.05, 4.69) is 5.64 Å². The fraction of sp³-hybridized carbons (Fsp3) is 1.00. The summed E-state index contributed by atoms with van der Waals surface area (Å²) in [7, 11) is 0.500. The van der Waals surface area contributed by atoms with Crippen LogP contribution < -0.4 is 17.1 Å². The van der Waals surface area contributed by atoms with Gasteiger partial charge in [-0.1, -0.05) is 0 Å². The third-order valence-electron chi connectivity index (χ3n) is 0.167.